The molecule has 5 nitrogen and oxygen atoms in total. The van der Waals surface area contributed by atoms with Crippen LogP contribution in [0.5, 0.6) is 5.75 Å². The van der Waals surface area contributed by atoms with Gasteiger partial charge in [0.25, 0.3) is 0 Å². The van der Waals surface area contributed by atoms with Gasteiger partial charge in [0.15, 0.2) is 5.79 Å². The minimum Gasteiger partial charge on any atom is -0.497 e. The van der Waals surface area contributed by atoms with E-state index in [1.54, 1.807) is 7.11 Å². The molecule has 0 radical (unpaired) electrons. The highest BCUT2D eigenvalue weighted by Gasteiger charge is 2.46. The largest absolute Gasteiger partial charge is 0.497 e. The lowest BCUT2D eigenvalue weighted by Gasteiger charge is -2.48. The standard InChI is InChI=1S/C22H35NO4/c1-17(18-6-5-7-19(14-18)25-4)23-13-12-21(24)8-10-22(11-9-21)26-15-20(2,3)16-27-22/h5-7,14,17,23-24H,8-13,15-16H2,1-4H3/t17-/m0/s1. The van der Waals surface area contributed by atoms with Crippen molar-refractivity contribution in [1.82, 2.24) is 5.32 Å². The van der Waals surface area contributed by atoms with Crippen molar-refractivity contribution in [3.8, 4) is 5.75 Å². The van der Waals surface area contributed by atoms with Gasteiger partial charge < -0.3 is 24.6 Å². The van der Waals surface area contributed by atoms with Gasteiger partial charge in [-0.3, -0.25) is 0 Å². The molecule has 1 spiro atoms. The Bertz CT molecular complexity index is 610. The Morgan fingerprint density at radius 1 is 1.15 bits per heavy atom. The smallest absolute Gasteiger partial charge is 0.168 e. The second-order valence-electron chi connectivity index (χ2n) is 9.08. The zero-order chi connectivity index (χ0) is 19.5. The summed E-state index contributed by atoms with van der Waals surface area (Å²) >= 11 is 0. The first-order chi connectivity index (χ1) is 12.7. The van der Waals surface area contributed by atoms with Crippen molar-refractivity contribution >= 4 is 0 Å². The Balaban J connectivity index is 1.45. The van der Waals surface area contributed by atoms with Gasteiger partial charge in [0.2, 0.25) is 0 Å². The molecule has 0 aromatic heterocycles. The van der Waals surface area contributed by atoms with Crippen molar-refractivity contribution < 1.29 is 19.3 Å². The van der Waals surface area contributed by atoms with E-state index in [-0.39, 0.29) is 11.5 Å². The quantitative estimate of drug-likeness (QED) is 0.789. The Labute approximate surface area is 163 Å². The molecule has 2 N–H and O–H groups in total. The molecule has 1 aromatic rings. The number of ether oxygens (including phenoxy) is 3. The monoisotopic (exact) mass is 377 g/mol. The summed E-state index contributed by atoms with van der Waals surface area (Å²) in [7, 11) is 1.68. The Kier molecular flexibility index (Phi) is 6.16. The first-order valence-corrected chi connectivity index (χ1v) is 10.1. The molecule has 0 bridgehead atoms. The third kappa shape index (κ3) is 5.23. The molecule has 152 valence electrons. The van der Waals surface area contributed by atoms with Gasteiger partial charge in [0.05, 0.1) is 25.9 Å². The summed E-state index contributed by atoms with van der Waals surface area (Å²) in [5.41, 5.74) is 0.640. The molecule has 27 heavy (non-hydrogen) atoms. The molecule has 2 aliphatic rings. The van der Waals surface area contributed by atoms with E-state index < -0.39 is 11.4 Å². The predicted octanol–water partition coefficient (Wildman–Crippen LogP) is 3.81. The topological polar surface area (TPSA) is 60.0 Å². The maximum Gasteiger partial charge on any atom is 0.168 e. The number of hydrogen-bond acceptors (Lipinski definition) is 5. The van der Waals surface area contributed by atoms with Crippen LogP contribution in [0.4, 0.5) is 0 Å². The van der Waals surface area contributed by atoms with Crippen LogP contribution in [-0.2, 0) is 9.47 Å². The van der Waals surface area contributed by atoms with Gasteiger partial charge in [-0.1, -0.05) is 26.0 Å². The highest BCUT2D eigenvalue weighted by molar-refractivity contribution is 5.30. The van der Waals surface area contributed by atoms with Crippen LogP contribution >= 0.6 is 0 Å². The van der Waals surface area contributed by atoms with Crippen LogP contribution in [0.2, 0.25) is 0 Å². The van der Waals surface area contributed by atoms with E-state index in [0.717, 1.165) is 57.6 Å². The van der Waals surface area contributed by atoms with Crippen molar-refractivity contribution in [2.75, 3.05) is 26.9 Å². The molecule has 0 unspecified atom stereocenters. The summed E-state index contributed by atoms with van der Waals surface area (Å²) in [6.07, 6.45) is 3.73. The highest BCUT2D eigenvalue weighted by Crippen LogP contribution is 2.43. The molecular weight excluding hydrogens is 342 g/mol. The molecule has 1 aromatic carbocycles. The van der Waals surface area contributed by atoms with Gasteiger partial charge in [-0.15, -0.1) is 0 Å². The van der Waals surface area contributed by atoms with Crippen molar-refractivity contribution in [3.05, 3.63) is 29.8 Å². The number of aliphatic hydroxyl groups is 1. The lowest BCUT2D eigenvalue weighted by atomic mass is 9.78. The number of nitrogens with one attached hydrogen (secondary N) is 1. The van der Waals surface area contributed by atoms with Crippen molar-refractivity contribution in [2.24, 2.45) is 5.41 Å². The minimum atomic E-state index is -0.633. The molecule has 1 aliphatic carbocycles. The number of hydrogen-bond donors (Lipinski definition) is 2. The summed E-state index contributed by atoms with van der Waals surface area (Å²) in [5, 5.41) is 14.5. The van der Waals surface area contributed by atoms with E-state index >= 15 is 0 Å². The van der Waals surface area contributed by atoms with Crippen LogP contribution in [0.3, 0.4) is 0 Å². The molecule has 0 amide bonds. The fourth-order valence-electron chi connectivity index (χ4n) is 3.92. The van der Waals surface area contributed by atoms with Gasteiger partial charge in [0, 0.05) is 24.3 Å². The third-order valence-corrected chi connectivity index (χ3v) is 6.03. The van der Waals surface area contributed by atoms with Crippen LogP contribution in [0.15, 0.2) is 24.3 Å². The van der Waals surface area contributed by atoms with Gasteiger partial charge >= 0.3 is 0 Å². The van der Waals surface area contributed by atoms with E-state index in [2.05, 4.69) is 38.2 Å². The first kappa shape index (κ1) is 20.6. The number of benzene rings is 1. The fraction of sp³-hybridized carbons (Fsp3) is 0.727. The molecule has 1 atom stereocenters. The molecular formula is C22H35NO4. The zero-order valence-electron chi connectivity index (χ0n) is 17.2. The lowest BCUT2D eigenvalue weighted by molar-refractivity contribution is -0.319. The van der Waals surface area contributed by atoms with Crippen LogP contribution in [0, 0.1) is 5.41 Å². The van der Waals surface area contributed by atoms with Crippen LogP contribution < -0.4 is 10.1 Å². The Morgan fingerprint density at radius 3 is 2.44 bits per heavy atom. The van der Waals surface area contributed by atoms with E-state index in [1.165, 1.54) is 5.56 Å². The average Bonchev–Trinajstić information content (AvgIpc) is 2.67. The second kappa shape index (κ2) is 8.08. The van der Waals surface area contributed by atoms with Crippen molar-refractivity contribution in [2.45, 2.75) is 70.3 Å². The Hall–Kier alpha value is -1.14. The first-order valence-electron chi connectivity index (χ1n) is 10.1. The van der Waals surface area contributed by atoms with Gasteiger partial charge in [-0.25, -0.2) is 0 Å². The summed E-state index contributed by atoms with van der Waals surface area (Å²) in [4.78, 5) is 0. The maximum absolute atomic E-state index is 11.0. The van der Waals surface area contributed by atoms with Crippen molar-refractivity contribution in [3.63, 3.8) is 0 Å². The van der Waals surface area contributed by atoms with Gasteiger partial charge in [-0.05, 0) is 50.4 Å². The molecule has 3 rings (SSSR count). The summed E-state index contributed by atoms with van der Waals surface area (Å²) < 4.78 is 17.4. The maximum atomic E-state index is 11.0. The van der Waals surface area contributed by atoms with E-state index in [4.69, 9.17) is 14.2 Å². The van der Waals surface area contributed by atoms with Crippen LogP contribution in [-0.4, -0.2) is 43.4 Å². The van der Waals surface area contributed by atoms with Crippen LogP contribution in [0.1, 0.15) is 64.5 Å². The molecule has 1 saturated heterocycles. The number of rotatable bonds is 6. The lowest BCUT2D eigenvalue weighted by Crippen LogP contribution is -2.52. The fourth-order valence-corrected chi connectivity index (χ4v) is 3.92. The second-order valence-corrected chi connectivity index (χ2v) is 9.08. The predicted molar refractivity (Wildman–Crippen MR) is 106 cm³/mol. The molecule has 5 heteroatoms. The zero-order valence-corrected chi connectivity index (χ0v) is 17.2. The SMILES string of the molecule is COc1cccc([C@H](C)NCCC2(O)CCC3(CC2)OCC(C)(C)CO3)c1. The minimum absolute atomic E-state index is 0.0825. The van der Waals surface area contributed by atoms with Crippen molar-refractivity contribution in [1.29, 1.82) is 0 Å². The summed E-state index contributed by atoms with van der Waals surface area (Å²) in [5.74, 6) is 0.399. The summed E-state index contributed by atoms with van der Waals surface area (Å²) in [6, 6.07) is 8.32. The molecule has 1 saturated carbocycles. The van der Waals surface area contributed by atoms with E-state index in [0.29, 0.717) is 0 Å². The number of methoxy groups -OCH3 is 1. The van der Waals surface area contributed by atoms with Gasteiger partial charge in [-0.2, -0.15) is 0 Å². The summed E-state index contributed by atoms with van der Waals surface area (Å²) in [6.45, 7) is 8.69. The molecule has 1 heterocycles. The normalized spacial score (nSPS) is 24.5. The van der Waals surface area contributed by atoms with Gasteiger partial charge in [0.1, 0.15) is 5.75 Å². The van der Waals surface area contributed by atoms with E-state index in [1.807, 2.05) is 12.1 Å². The van der Waals surface area contributed by atoms with Crippen LogP contribution in [0.25, 0.3) is 0 Å². The Morgan fingerprint density at radius 2 is 1.81 bits per heavy atom. The molecule has 2 fully saturated rings. The average molecular weight is 378 g/mol. The third-order valence-electron chi connectivity index (χ3n) is 6.03. The highest BCUT2D eigenvalue weighted by atomic mass is 16.7. The van der Waals surface area contributed by atoms with E-state index in [9.17, 15) is 5.11 Å². The molecule has 1 aliphatic heterocycles.